The predicted molar refractivity (Wildman–Crippen MR) is 74.8 cm³/mol. The number of rotatable bonds is 6. The largest absolute Gasteiger partial charge is 0.301 e. The fourth-order valence-corrected chi connectivity index (χ4v) is 1.96. The average molecular weight is 259 g/mol. The molecule has 0 saturated carbocycles. The van der Waals surface area contributed by atoms with Crippen LogP contribution in [0.2, 0.25) is 0 Å². The minimum atomic E-state index is 0.438. The Morgan fingerprint density at radius 3 is 2.84 bits per heavy atom. The van der Waals surface area contributed by atoms with Crippen LogP contribution in [0.5, 0.6) is 0 Å². The first kappa shape index (κ1) is 13.7. The van der Waals surface area contributed by atoms with Crippen LogP contribution in [-0.2, 0) is 13.0 Å². The van der Waals surface area contributed by atoms with E-state index in [1.807, 2.05) is 30.1 Å². The number of aromatic nitrogens is 4. The fourth-order valence-electron chi connectivity index (χ4n) is 1.96. The average Bonchev–Trinajstić information content (AvgIpc) is 2.83. The van der Waals surface area contributed by atoms with E-state index in [0.29, 0.717) is 6.04 Å². The Labute approximate surface area is 114 Å². The van der Waals surface area contributed by atoms with Crippen LogP contribution in [0.25, 0.3) is 0 Å². The Morgan fingerprint density at radius 2 is 2.21 bits per heavy atom. The highest BCUT2D eigenvalue weighted by Crippen LogP contribution is 2.04. The van der Waals surface area contributed by atoms with Crippen molar-refractivity contribution in [3.63, 3.8) is 0 Å². The lowest BCUT2D eigenvalue weighted by atomic mass is 10.1. The molecule has 102 valence electrons. The predicted octanol–water partition coefficient (Wildman–Crippen LogP) is 1.54. The molecule has 0 aliphatic rings. The van der Waals surface area contributed by atoms with Gasteiger partial charge in [0.05, 0.1) is 17.9 Å². The van der Waals surface area contributed by atoms with Crippen LogP contribution >= 0.6 is 0 Å². The van der Waals surface area contributed by atoms with Crippen LogP contribution in [0.4, 0.5) is 0 Å². The first-order valence-electron chi connectivity index (χ1n) is 6.60. The Hall–Kier alpha value is -1.75. The molecule has 0 aliphatic heterocycles. The minimum Gasteiger partial charge on any atom is -0.301 e. The fraction of sp³-hybridized carbons (Fsp3) is 0.500. The van der Waals surface area contributed by atoms with Gasteiger partial charge in [-0.05, 0) is 27.0 Å². The van der Waals surface area contributed by atoms with Gasteiger partial charge in [0.1, 0.15) is 0 Å². The zero-order valence-electron chi connectivity index (χ0n) is 11.8. The smallest absolute Gasteiger partial charge is 0.0602 e. The summed E-state index contributed by atoms with van der Waals surface area (Å²) in [6.45, 7) is 6.11. The van der Waals surface area contributed by atoms with E-state index in [4.69, 9.17) is 0 Å². The second-order valence-corrected chi connectivity index (χ2v) is 4.95. The molecule has 0 N–H and O–H groups in total. The van der Waals surface area contributed by atoms with E-state index in [0.717, 1.165) is 30.9 Å². The molecule has 5 heteroatoms. The summed E-state index contributed by atoms with van der Waals surface area (Å²) in [7, 11) is 2.14. The molecule has 0 fully saturated rings. The third-order valence-electron chi connectivity index (χ3n) is 3.33. The first-order valence-corrected chi connectivity index (χ1v) is 6.60. The standard InChI is InChI=1S/C14H21N5/c1-12-4-7-19(17-12)9-8-18(3)13(2)10-14-11-15-5-6-16-14/h4-7,11,13H,8-10H2,1-3H3. The van der Waals surface area contributed by atoms with E-state index in [1.165, 1.54) is 0 Å². The third-order valence-corrected chi connectivity index (χ3v) is 3.33. The van der Waals surface area contributed by atoms with Crippen LogP contribution in [0.1, 0.15) is 18.3 Å². The number of aryl methyl sites for hydroxylation is 1. The monoisotopic (exact) mass is 259 g/mol. The Balaban J connectivity index is 1.80. The molecule has 0 radical (unpaired) electrons. The number of hydrogen-bond acceptors (Lipinski definition) is 4. The highest BCUT2D eigenvalue weighted by molar-refractivity contribution is 4.97. The molecule has 1 unspecified atom stereocenters. The number of hydrogen-bond donors (Lipinski definition) is 0. The second kappa shape index (κ2) is 6.43. The van der Waals surface area contributed by atoms with Crippen LogP contribution in [0, 0.1) is 6.92 Å². The summed E-state index contributed by atoms with van der Waals surface area (Å²) in [5.74, 6) is 0. The van der Waals surface area contributed by atoms with Gasteiger partial charge in [0.25, 0.3) is 0 Å². The second-order valence-electron chi connectivity index (χ2n) is 4.95. The van der Waals surface area contributed by atoms with Crippen molar-refractivity contribution in [2.45, 2.75) is 32.9 Å². The van der Waals surface area contributed by atoms with E-state index in [2.05, 4.69) is 33.9 Å². The van der Waals surface area contributed by atoms with Gasteiger partial charge in [0.2, 0.25) is 0 Å². The highest BCUT2D eigenvalue weighted by atomic mass is 15.3. The highest BCUT2D eigenvalue weighted by Gasteiger charge is 2.10. The Bertz CT molecular complexity index is 494. The van der Waals surface area contributed by atoms with Gasteiger partial charge in [-0.3, -0.25) is 14.6 Å². The first-order chi connectivity index (χ1) is 9.15. The molecule has 2 rings (SSSR count). The lowest BCUT2D eigenvalue weighted by Gasteiger charge is -2.24. The van der Waals surface area contributed by atoms with Crippen molar-refractivity contribution in [3.8, 4) is 0 Å². The SMILES string of the molecule is Cc1ccn(CCN(C)C(C)Cc2cnccn2)n1. The van der Waals surface area contributed by atoms with Gasteiger partial charge < -0.3 is 4.90 Å². The van der Waals surface area contributed by atoms with Crippen LogP contribution < -0.4 is 0 Å². The van der Waals surface area contributed by atoms with Gasteiger partial charge in [-0.1, -0.05) is 0 Å². The van der Waals surface area contributed by atoms with Gasteiger partial charge in [-0.25, -0.2) is 0 Å². The van der Waals surface area contributed by atoms with Gasteiger partial charge in [-0.15, -0.1) is 0 Å². The third kappa shape index (κ3) is 4.13. The molecule has 2 heterocycles. The summed E-state index contributed by atoms with van der Waals surface area (Å²) in [6.07, 6.45) is 8.23. The van der Waals surface area contributed by atoms with Crippen molar-refractivity contribution in [1.82, 2.24) is 24.6 Å². The molecule has 0 saturated heterocycles. The summed E-state index contributed by atoms with van der Waals surface area (Å²) in [5, 5.41) is 4.39. The van der Waals surface area contributed by atoms with Gasteiger partial charge in [-0.2, -0.15) is 5.10 Å². The molecule has 0 amide bonds. The molecule has 2 aromatic rings. The van der Waals surface area contributed by atoms with Gasteiger partial charge in [0, 0.05) is 43.8 Å². The van der Waals surface area contributed by atoms with Crippen LogP contribution in [0.3, 0.4) is 0 Å². The van der Waals surface area contributed by atoms with Crippen molar-refractivity contribution in [2.75, 3.05) is 13.6 Å². The summed E-state index contributed by atoms with van der Waals surface area (Å²) in [6, 6.07) is 2.47. The molecule has 19 heavy (non-hydrogen) atoms. The zero-order valence-corrected chi connectivity index (χ0v) is 11.8. The lowest BCUT2D eigenvalue weighted by Crippen LogP contribution is -2.33. The van der Waals surface area contributed by atoms with E-state index >= 15 is 0 Å². The lowest BCUT2D eigenvalue weighted by molar-refractivity contribution is 0.241. The van der Waals surface area contributed by atoms with E-state index in [1.54, 1.807) is 12.4 Å². The van der Waals surface area contributed by atoms with Crippen molar-refractivity contribution in [1.29, 1.82) is 0 Å². The van der Waals surface area contributed by atoms with Crippen molar-refractivity contribution in [2.24, 2.45) is 0 Å². The molecule has 5 nitrogen and oxygen atoms in total. The Kier molecular flexibility index (Phi) is 4.63. The van der Waals surface area contributed by atoms with Crippen molar-refractivity contribution in [3.05, 3.63) is 42.2 Å². The van der Waals surface area contributed by atoms with E-state index in [-0.39, 0.29) is 0 Å². The normalized spacial score (nSPS) is 12.8. The molecule has 2 aromatic heterocycles. The molecular formula is C14H21N5. The minimum absolute atomic E-state index is 0.438. The molecular weight excluding hydrogens is 238 g/mol. The summed E-state index contributed by atoms with van der Waals surface area (Å²) < 4.78 is 1.99. The quantitative estimate of drug-likeness (QED) is 0.789. The Morgan fingerprint density at radius 1 is 1.37 bits per heavy atom. The number of likely N-dealkylation sites (N-methyl/N-ethyl adjacent to an activating group) is 1. The summed E-state index contributed by atoms with van der Waals surface area (Å²) in [4.78, 5) is 10.7. The van der Waals surface area contributed by atoms with E-state index < -0.39 is 0 Å². The van der Waals surface area contributed by atoms with E-state index in [9.17, 15) is 0 Å². The van der Waals surface area contributed by atoms with Crippen molar-refractivity contribution >= 4 is 0 Å². The van der Waals surface area contributed by atoms with Crippen LogP contribution in [-0.4, -0.2) is 44.3 Å². The topological polar surface area (TPSA) is 46.8 Å². The van der Waals surface area contributed by atoms with Crippen molar-refractivity contribution < 1.29 is 0 Å². The molecule has 0 aliphatic carbocycles. The summed E-state index contributed by atoms with van der Waals surface area (Å²) in [5.41, 5.74) is 2.10. The number of nitrogens with zero attached hydrogens (tertiary/aromatic N) is 5. The van der Waals surface area contributed by atoms with Crippen LogP contribution in [0.15, 0.2) is 30.9 Å². The molecule has 0 aromatic carbocycles. The molecule has 0 bridgehead atoms. The maximum atomic E-state index is 4.39. The molecule has 0 spiro atoms. The molecule has 1 atom stereocenters. The zero-order chi connectivity index (χ0) is 13.7. The summed E-state index contributed by atoms with van der Waals surface area (Å²) >= 11 is 0. The maximum Gasteiger partial charge on any atom is 0.0602 e. The maximum absolute atomic E-state index is 4.39. The van der Waals surface area contributed by atoms with Gasteiger partial charge >= 0.3 is 0 Å². The van der Waals surface area contributed by atoms with Gasteiger partial charge in [0.15, 0.2) is 0 Å².